The SMILES string of the molecule is CC(=O)ON=C(N)c1ccc(NC(=O)OC(C)(C)C)nc1F. The van der Waals surface area contributed by atoms with E-state index in [1.807, 2.05) is 0 Å². The lowest BCUT2D eigenvalue weighted by Crippen LogP contribution is -2.27. The maximum Gasteiger partial charge on any atom is 0.413 e. The summed E-state index contributed by atoms with van der Waals surface area (Å²) in [6.07, 6.45) is -0.770. The van der Waals surface area contributed by atoms with E-state index in [2.05, 4.69) is 20.3 Å². The maximum atomic E-state index is 13.8. The molecule has 1 amide bonds. The average molecular weight is 312 g/mol. The van der Waals surface area contributed by atoms with Crippen LogP contribution in [-0.4, -0.2) is 28.5 Å². The second-order valence-corrected chi connectivity index (χ2v) is 5.22. The van der Waals surface area contributed by atoms with Crippen molar-refractivity contribution in [2.75, 3.05) is 5.32 Å². The van der Waals surface area contributed by atoms with Gasteiger partial charge in [0, 0.05) is 6.92 Å². The number of carbonyl (C=O) groups is 2. The molecule has 1 heterocycles. The van der Waals surface area contributed by atoms with Gasteiger partial charge in [0.15, 0.2) is 5.84 Å². The summed E-state index contributed by atoms with van der Waals surface area (Å²) < 4.78 is 18.8. The molecule has 0 aliphatic carbocycles. The highest BCUT2D eigenvalue weighted by atomic mass is 19.1. The lowest BCUT2D eigenvalue weighted by atomic mass is 10.2. The number of rotatable bonds is 3. The van der Waals surface area contributed by atoms with Gasteiger partial charge in [0.05, 0.1) is 5.56 Å². The van der Waals surface area contributed by atoms with Crippen LogP contribution in [0.5, 0.6) is 0 Å². The van der Waals surface area contributed by atoms with E-state index in [-0.39, 0.29) is 17.2 Å². The molecule has 0 saturated heterocycles. The third-order valence-electron chi connectivity index (χ3n) is 2.03. The third-order valence-corrected chi connectivity index (χ3v) is 2.03. The van der Waals surface area contributed by atoms with Crippen molar-refractivity contribution in [1.29, 1.82) is 0 Å². The van der Waals surface area contributed by atoms with Crippen molar-refractivity contribution in [3.8, 4) is 0 Å². The molecule has 9 heteroatoms. The van der Waals surface area contributed by atoms with Gasteiger partial charge in [-0.2, -0.15) is 4.39 Å². The lowest BCUT2D eigenvalue weighted by molar-refractivity contribution is -0.140. The number of anilines is 1. The van der Waals surface area contributed by atoms with Gasteiger partial charge in [0.2, 0.25) is 5.95 Å². The highest BCUT2D eigenvalue weighted by molar-refractivity contribution is 5.97. The number of oxime groups is 1. The number of halogens is 1. The van der Waals surface area contributed by atoms with E-state index in [9.17, 15) is 14.0 Å². The summed E-state index contributed by atoms with van der Waals surface area (Å²) in [7, 11) is 0. The Labute approximate surface area is 126 Å². The number of amides is 1. The largest absolute Gasteiger partial charge is 0.444 e. The minimum absolute atomic E-state index is 0.0595. The number of nitrogens with zero attached hydrogens (tertiary/aromatic N) is 2. The number of hydrogen-bond acceptors (Lipinski definition) is 6. The molecule has 1 aromatic rings. The van der Waals surface area contributed by atoms with E-state index in [0.717, 1.165) is 6.92 Å². The first-order chi connectivity index (χ1) is 10.1. The van der Waals surface area contributed by atoms with E-state index in [1.54, 1.807) is 20.8 Å². The zero-order valence-corrected chi connectivity index (χ0v) is 12.6. The van der Waals surface area contributed by atoms with Crippen molar-refractivity contribution in [2.45, 2.75) is 33.3 Å². The van der Waals surface area contributed by atoms with Crippen LogP contribution in [0.2, 0.25) is 0 Å². The first-order valence-corrected chi connectivity index (χ1v) is 6.26. The van der Waals surface area contributed by atoms with Gasteiger partial charge in [-0.1, -0.05) is 5.16 Å². The Morgan fingerprint density at radius 2 is 2.00 bits per heavy atom. The molecule has 0 spiro atoms. The Balaban J connectivity index is 2.84. The van der Waals surface area contributed by atoms with Crippen molar-refractivity contribution in [3.05, 3.63) is 23.6 Å². The lowest BCUT2D eigenvalue weighted by Gasteiger charge is -2.19. The highest BCUT2D eigenvalue weighted by Gasteiger charge is 2.17. The van der Waals surface area contributed by atoms with Gasteiger partial charge in [-0.25, -0.2) is 14.6 Å². The van der Waals surface area contributed by atoms with Gasteiger partial charge in [0.1, 0.15) is 11.4 Å². The van der Waals surface area contributed by atoms with E-state index < -0.39 is 23.6 Å². The van der Waals surface area contributed by atoms with Crippen LogP contribution >= 0.6 is 0 Å². The van der Waals surface area contributed by atoms with Gasteiger partial charge >= 0.3 is 12.1 Å². The molecule has 8 nitrogen and oxygen atoms in total. The molecule has 0 aliphatic rings. The van der Waals surface area contributed by atoms with Gasteiger partial charge in [-0.05, 0) is 32.9 Å². The van der Waals surface area contributed by atoms with Crippen LogP contribution in [0.4, 0.5) is 15.0 Å². The van der Waals surface area contributed by atoms with E-state index in [4.69, 9.17) is 10.5 Å². The summed E-state index contributed by atoms with van der Waals surface area (Å²) in [6.45, 7) is 6.20. The summed E-state index contributed by atoms with van der Waals surface area (Å²) in [5, 5.41) is 5.52. The average Bonchev–Trinajstić information content (AvgIpc) is 2.33. The molecule has 3 N–H and O–H groups in total. The number of aromatic nitrogens is 1. The highest BCUT2D eigenvalue weighted by Crippen LogP contribution is 2.13. The summed E-state index contributed by atoms with van der Waals surface area (Å²) >= 11 is 0. The fourth-order valence-electron chi connectivity index (χ4n) is 1.27. The first-order valence-electron chi connectivity index (χ1n) is 6.26. The fourth-order valence-corrected chi connectivity index (χ4v) is 1.27. The normalized spacial score (nSPS) is 11.8. The van der Waals surface area contributed by atoms with Crippen molar-refractivity contribution < 1.29 is 23.6 Å². The predicted molar refractivity (Wildman–Crippen MR) is 76.5 cm³/mol. The summed E-state index contributed by atoms with van der Waals surface area (Å²) in [5.41, 5.74) is 4.60. The molecule has 0 atom stereocenters. The molecule has 0 bridgehead atoms. The molecule has 120 valence electrons. The second-order valence-electron chi connectivity index (χ2n) is 5.22. The van der Waals surface area contributed by atoms with Gasteiger partial charge < -0.3 is 15.3 Å². The number of carbonyl (C=O) groups excluding carboxylic acids is 2. The van der Waals surface area contributed by atoms with Gasteiger partial charge in [-0.3, -0.25) is 5.32 Å². The monoisotopic (exact) mass is 312 g/mol. The Kier molecular flexibility index (Phi) is 5.39. The standard InChI is InChI=1S/C13H17FN4O4/c1-7(19)22-18-11(15)8-5-6-9(16-10(8)14)17-12(20)21-13(2,3)4/h5-6H,1-4H3,(H2,15,18)(H,16,17,20). The number of hydrogen-bond donors (Lipinski definition) is 2. The first kappa shape index (κ1) is 17.3. The predicted octanol–water partition coefficient (Wildman–Crippen LogP) is 1.75. The second kappa shape index (κ2) is 6.83. The quantitative estimate of drug-likeness (QED) is 0.289. The van der Waals surface area contributed by atoms with Crippen LogP contribution < -0.4 is 11.1 Å². The number of nitrogens with two attached hydrogens (primary N) is 1. The Bertz CT molecular complexity index is 611. The molecular weight excluding hydrogens is 295 g/mol. The van der Waals surface area contributed by atoms with Crippen LogP contribution in [0.1, 0.15) is 33.3 Å². The molecule has 0 unspecified atom stereocenters. The van der Waals surface area contributed by atoms with Crippen LogP contribution in [-0.2, 0) is 14.4 Å². The topological polar surface area (TPSA) is 116 Å². The van der Waals surface area contributed by atoms with Gasteiger partial charge in [0.25, 0.3) is 0 Å². The van der Waals surface area contributed by atoms with E-state index >= 15 is 0 Å². The minimum atomic E-state index is -0.984. The zero-order chi connectivity index (χ0) is 16.9. The van der Waals surface area contributed by atoms with E-state index in [1.165, 1.54) is 12.1 Å². The molecule has 1 rings (SSSR count). The molecule has 0 radical (unpaired) electrons. The van der Waals surface area contributed by atoms with Crippen molar-refractivity contribution >= 4 is 23.7 Å². The molecule has 22 heavy (non-hydrogen) atoms. The maximum absolute atomic E-state index is 13.8. The molecule has 0 saturated carbocycles. The molecule has 0 aliphatic heterocycles. The van der Waals surface area contributed by atoms with E-state index in [0.29, 0.717) is 0 Å². The number of pyridine rings is 1. The van der Waals surface area contributed by atoms with Crippen LogP contribution in [0, 0.1) is 5.95 Å². The molecule has 1 aromatic heterocycles. The third kappa shape index (κ3) is 5.73. The smallest absolute Gasteiger partial charge is 0.413 e. The Hall–Kier alpha value is -2.71. The Morgan fingerprint density at radius 1 is 1.36 bits per heavy atom. The summed E-state index contributed by atoms with van der Waals surface area (Å²) in [5.74, 6) is -2.10. The zero-order valence-electron chi connectivity index (χ0n) is 12.6. The minimum Gasteiger partial charge on any atom is -0.444 e. The van der Waals surface area contributed by atoms with Crippen molar-refractivity contribution in [1.82, 2.24) is 4.98 Å². The van der Waals surface area contributed by atoms with Crippen molar-refractivity contribution in [2.24, 2.45) is 10.9 Å². The molecule has 0 aromatic carbocycles. The number of amidine groups is 1. The fraction of sp³-hybridized carbons (Fsp3) is 0.385. The molecule has 0 fully saturated rings. The Morgan fingerprint density at radius 3 is 2.50 bits per heavy atom. The number of ether oxygens (including phenoxy) is 1. The van der Waals surface area contributed by atoms with Crippen LogP contribution in [0.3, 0.4) is 0 Å². The van der Waals surface area contributed by atoms with Crippen LogP contribution in [0.25, 0.3) is 0 Å². The van der Waals surface area contributed by atoms with Crippen molar-refractivity contribution in [3.63, 3.8) is 0 Å². The number of nitrogens with one attached hydrogen (secondary N) is 1. The molecular formula is C13H17FN4O4. The van der Waals surface area contributed by atoms with Gasteiger partial charge in [-0.15, -0.1) is 0 Å². The summed E-state index contributed by atoms with van der Waals surface area (Å²) in [4.78, 5) is 29.9. The summed E-state index contributed by atoms with van der Waals surface area (Å²) in [6, 6.07) is 2.54. The van der Waals surface area contributed by atoms with Crippen LogP contribution in [0.15, 0.2) is 17.3 Å².